The Morgan fingerprint density at radius 3 is 2.17 bits per heavy atom. The molecule has 0 N–H and O–H groups in total. The number of hydrogen-bond donors (Lipinski definition) is 0. The summed E-state index contributed by atoms with van der Waals surface area (Å²) in [7, 11) is 0. The molecule has 1 unspecified atom stereocenters. The molecule has 0 bridgehead atoms. The van der Waals surface area contributed by atoms with Gasteiger partial charge in [0.15, 0.2) is 0 Å². The number of hydrogen-bond acceptors (Lipinski definition) is 0. The van der Waals surface area contributed by atoms with Crippen LogP contribution in [0.2, 0.25) is 0 Å². The zero-order valence-electron chi connectivity index (χ0n) is 8.06. The molecular weight excluding hydrogens is 280 g/mol. The van der Waals surface area contributed by atoms with Crippen molar-refractivity contribution in [2.24, 2.45) is 11.8 Å². The van der Waals surface area contributed by atoms with Gasteiger partial charge in [-0.25, -0.2) is 0 Å². The van der Waals surface area contributed by atoms with E-state index in [0.29, 0.717) is 3.74 Å². The molecule has 1 atom stereocenters. The van der Waals surface area contributed by atoms with E-state index in [1.54, 1.807) is 0 Å². The highest BCUT2D eigenvalue weighted by atomic mass is 79.9. The first-order chi connectivity index (χ1) is 5.57. The van der Waals surface area contributed by atoms with Crippen molar-refractivity contribution in [2.45, 2.75) is 37.3 Å². The summed E-state index contributed by atoms with van der Waals surface area (Å²) in [5.41, 5.74) is 0. The SMILES string of the molecule is CCC(C/C=C/C(Br)Br)C(C)C. The van der Waals surface area contributed by atoms with Gasteiger partial charge < -0.3 is 0 Å². The van der Waals surface area contributed by atoms with E-state index in [9.17, 15) is 0 Å². The second-order valence-electron chi connectivity index (χ2n) is 3.41. The van der Waals surface area contributed by atoms with Gasteiger partial charge in [-0.1, -0.05) is 71.2 Å². The van der Waals surface area contributed by atoms with Crippen LogP contribution >= 0.6 is 31.9 Å². The van der Waals surface area contributed by atoms with E-state index in [0.717, 1.165) is 11.8 Å². The molecule has 0 aliphatic rings. The molecule has 0 aromatic heterocycles. The van der Waals surface area contributed by atoms with Gasteiger partial charge in [0.25, 0.3) is 0 Å². The minimum atomic E-state index is 0.328. The van der Waals surface area contributed by atoms with Gasteiger partial charge in [-0.3, -0.25) is 0 Å². The van der Waals surface area contributed by atoms with Gasteiger partial charge in [0.1, 0.15) is 0 Å². The van der Waals surface area contributed by atoms with Gasteiger partial charge in [-0.05, 0) is 18.3 Å². The fourth-order valence-corrected chi connectivity index (χ4v) is 1.70. The summed E-state index contributed by atoms with van der Waals surface area (Å²) in [5.74, 6) is 1.63. The zero-order valence-corrected chi connectivity index (χ0v) is 11.2. The molecule has 12 heavy (non-hydrogen) atoms. The maximum atomic E-state index is 3.41. The lowest BCUT2D eigenvalue weighted by molar-refractivity contribution is 0.377. The van der Waals surface area contributed by atoms with Gasteiger partial charge in [-0.2, -0.15) is 0 Å². The molecule has 2 heteroatoms. The molecule has 0 nitrogen and oxygen atoms in total. The van der Waals surface area contributed by atoms with Crippen molar-refractivity contribution < 1.29 is 0 Å². The topological polar surface area (TPSA) is 0 Å². The van der Waals surface area contributed by atoms with Gasteiger partial charge in [0.05, 0.1) is 3.74 Å². The first-order valence-corrected chi connectivity index (χ1v) is 6.35. The second kappa shape index (κ2) is 7.14. The zero-order chi connectivity index (χ0) is 9.56. The van der Waals surface area contributed by atoms with Gasteiger partial charge in [0.2, 0.25) is 0 Å². The highest BCUT2D eigenvalue weighted by Gasteiger charge is 2.08. The standard InChI is InChI=1S/C10H18Br2/c1-4-9(8(2)3)6-5-7-10(11)12/h5,7-10H,4,6H2,1-3H3/b7-5+. The van der Waals surface area contributed by atoms with Crippen molar-refractivity contribution in [1.82, 2.24) is 0 Å². The Morgan fingerprint density at radius 2 is 1.83 bits per heavy atom. The van der Waals surface area contributed by atoms with E-state index in [4.69, 9.17) is 0 Å². The van der Waals surface area contributed by atoms with Crippen LogP contribution in [0.5, 0.6) is 0 Å². The summed E-state index contributed by atoms with van der Waals surface area (Å²) in [6, 6.07) is 0. The molecular formula is C10H18Br2. The first-order valence-electron chi connectivity index (χ1n) is 4.52. The quantitative estimate of drug-likeness (QED) is 0.508. The summed E-state index contributed by atoms with van der Waals surface area (Å²) in [6.45, 7) is 6.85. The fourth-order valence-electron chi connectivity index (χ4n) is 1.27. The van der Waals surface area contributed by atoms with E-state index < -0.39 is 0 Å². The number of rotatable bonds is 5. The minimum Gasteiger partial charge on any atom is -0.0863 e. The molecule has 0 spiro atoms. The molecule has 0 aromatic rings. The summed E-state index contributed by atoms with van der Waals surface area (Å²) < 4.78 is 0.328. The molecule has 0 rings (SSSR count). The summed E-state index contributed by atoms with van der Waals surface area (Å²) in [6.07, 6.45) is 6.87. The van der Waals surface area contributed by atoms with E-state index in [-0.39, 0.29) is 0 Å². The molecule has 0 aliphatic carbocycles. The normalized spacial score (nSPS) is 14.9. The lowest BCUT2D eigenvalue weighted by Gasteiger charge is -2.16. The van der Waals surface area contributed by atoms with Crippen LogP contribution in [-0.2, 0) is 0 Å². The van der Waals surface area contributed by atoms with Crippen LogP contribution in [0.25, 0.3) is 0 Å². The van der Waals surface area contributed by atoms with E-state index in [1.807, 2.05) is 0 Å². The van der Waals surface area contributed by atoms with Crippen molar-refractivity contribution >= 4 is 31.9 Å². The third-order valence-electron chi connectivity index (χ3n) is 2.19. The highest BCUT2D eigenvalue weighted by molar-refractivity contribution is 9.24. The number of allylic oxidation sites excluding steroid dienone is 2. The van der Waals surface area contributed by atoms with Crippen LogP contribution in [-0.4, -0.2) is 3.74 Å². The van der Waals surface area contributed by atoms with E-state index >= 15 is 0 Å². The average Bonchev–Trinajstić information content (AvgIpc) is 1.96. The van der Waals surface area contributed by atoms with Crippen LogP contribution in [0.15, 0.2) is 12.2 Å². The number of alkyl halides is 2. The summed E-state index contributed by atoms with van der Waals surface area (Å²) in [4.78, 5) is 0. The van der Waals surface area contributed by atoms with Crippen LogP contribution in [0.4, 0.5) is 0 Å². The van der Waals surface area contributed by atoms with Crippen LogP contribution in [0, 0.1) is 11.8 Å². The van der Waals surface area contributed by atoms with Crippen LogP contribution < -0.4 is 0 Å². The maximum absolute atomic E-state index is 3.41. The number of halogens is 2. The van der Waals surface area contributed by atoms with E-state index in [2.05, 4.69) is 64.8 Å². The Kier molecular flexibility index (Phi) is 7.55. The fraction of sp³-hybridized carbons (Fsp3) is 0.800. The van der Waals surface area contributed by atoms with E-state index in [1.165, 1.54) is 12.8 Å². The largest absolute Gasteiger partial charge is 0.0877 e. The average molecular weight is 298 g/mol. The third kappa shape index (κ3) is 6.24. The lowest BCUT2D eigenvalue weighted by Crippen LogP contribution is -2.05. The summed E-state index contributed by atoms with van der Waals surface area (Å²) in [5, 5.41) is 0. The first kappa shape index (κ1) is 12.7. The Bertz CT molecular complexity index is 128. The van der Waals surface area contributed by atoms with Crippen molar-refractivity contribution in [3.8, 4) is 0 Å². The van der Waals surface area contributed by atoms with Gasteiger partial charge >= 0.3 is 0 Å². The molecule has 72 valence electrons. The molecule has 0 aliphatic heterocycles. The smallest absolute Gasteiger partial charge is 0.0863 e. The Balaban J connectivity index is 3.72. The lowest BCUT2D eigenvalue weighted by atomic mass is 9.90. The predicted octanol–water partition coefficient (Wildman–Crippen LogP) is 4.73. The Hall–Kier alpha value is 0.700. The predicted molar refractivity (Wildman–Crippen MR) is 64.0 cm³/mol. The Morgan fingerprint density at radius 1 is 1.25 bits per heavy atom. The summed E-state index contributed by atoms with van der Waals surface area (Å²) >= 11 is 6.83. The molecule has 0 aromatic carbocycles. The van der Waals surface area contributed by atoms with Crippen molar-refractivity contribution in [3.63, 3.8) is 0 Å². The van der Waals surface area contributed by atoms with Crippen molar-refractivity contribution in [2.75, 3.05) is 0 Å². The van der Waals surface area contributed by atoms with Gasteiger partial charge in [0, 0.05) is 0 Å². The maximum Gasteiger partial charge on any atom is 0.0877 e. The molecule has 0 saturated carbocycles. The molecule has 0 fully saturated rings. The molecule has 0 radical (unpaired) electrons. The highest BCUT2D eigenvalue weighted by Crippen LogP contribution is 2.20. The molecule has 0 saturated heterocycles. The van der Waals surface area contributed by atoms with Crippen LogP contribution in [0.3, 0.4) is 0 Å². The second-order valence-corrected chi connectivity index (χ2v) is 6.61. The third-order valence-corrected chi connectivity index (χ3v) is 2.80. The minimum absolute atomic E-state index is 0.328. The Labute approximate surface area is 93.1 Å². The molecule has 0 heterocycles. The monoisotopic (exact) mass is 296 g/mol. The van der Waals surface area contributed by atoms with Gasteiger partial charge in [-0.15, -0.1) is 0 Å². The van der Waals surface area contributed by atoms with Crippen LogP contribution in [0.1, 0.15) is 33.6 Å². The van der Waals surface area contributed by atoms with Crippen molar-refractivity contribution in [1.29, 1.82) is 0 Å². The molecule has 0 amide bonds. The van der Waals surface area contributed by atoms with Crippen molar-refractivity contribution in [3.05, 3.63) is 12.2 Å².